The van der Waals surface area contributed by atoms with Gasteiger partial charge in [-0.1, -0.05) is 58.5 Å². The smallest absolute Gasteiger partial charge is 0.161 e. The van der Waals surface area contributed by atoms with E-state index in [1.807, 2.05) is 25.1 Å². The first-order valence-electron chi connectivity index (χ1n) is 6.05. The maximum atomic E-state index is 6.25. The molecule has 0 atom stereocenters. The van der Waals surface area contributed by atoms with Crippen molar-refractivity contribution in [2.45, 2.75) is 6.92 Å². The molecule has 6 heteroatoms. The van der Waals surface area contributed by atoms with Gasteiger partial charge in [0.1, 0.15) is 5.15 Å². The van der Waals surface area contributed by atoms with Crippen LogP contribution in [0.2, 0.25) is 20.2 Å². The zero-order chi connectivity index (χ0) is 15.1. The first-order valence-corrected chi connectivity index (χ1v) is 7.56. The number of fused-ring (bicyclic) bond motifs is 1. The maximum Gasteiger partial charge on any atom is 0.161 e. The van der Waals surface area contributed by atoms with Crippen LogP contribution in [0.4, 0.5) is 0 Å². The minimum Gasteiger partial charge on any atom is -0.226 e. The van der Waals surface area contributed by atoms with Crippen molar-refractivity contribution in [1.82, 2.24) is 9.97 Å². The van der Waals surface area contributed by atoms with E-state index >= 15 is 0 Å². The normalized spacial score (nSPS) is 11.1. The quantitative estimate of drug-likeness (QED) is 0.483. The van der Waals surface area contributed by atoms with Gasteiger partial charge >= 0.3 is 0 Å². The number of hydrogen-bond acceptors (Lipinski definition) is 2. The molecule has 106 valence electrons. The summed E-state index contributed by atoms with van der Waals surface area (Å²) in [5.74, 6) is 0.483. The molecule has 0 amide bonds. The fourth-order valence-corrected chi connectivity index (χ4v) is 3.03. The van der Waals surface area contributed by atoms with Gasteiger partial charge in [0, 0.05) is 21.0 Å². The lowest BCUT2D eigenvalue weighted by molar-refractivity contribution is 1.21. The highest BCUT2D eigenvalue weighted by Gasteiger charge is 2.14. The number of halogens is 4. The fraction of sp³-hybridized carbons (Fsp3) is 0.0667. The third-order valence-corrected chi connectivity index (χ3v) is 4.38. The lowest BCUT2D eigenvalue weighted by Crippen LogP contribution is -1.95. The molecule has 1 aromatic heterocycles. The highest BCUT2D eigenvalue weighted by Crippen LogP contribution is 2.33. The summed E-state index contributed by atoms with van der Waals surface area (Å²) < 4.78 is 0. The first kappa shape index (κ1) is 14.9. The number of rotatable bonds is 1. The summed E-state index contributed by atoms with van der Waals surface area (Å²) >= 11 is 24.6. The molecule has 0 unspecified atom stereocenters. The van der Waals surface area contributed by atoms with Crippen LogP contribution < -0.4 is 0 Å². The molecular weight excluding hydrogens is 350 g/mol. The van der Waals surface area contributed by atoms with Crippen molar-refractivity contribution in [3.05, 3.63) is 56.1 Å². The molecule has 0 saturated carbocycles. The standard InChI is InChI=1S/C15H8Cl4N2/c1-7-9(3-2-4-11(7)17)15-20-13-10(14(19)21-15)5-8(16)6-12(13)18/h2-6H,1H3. The van der Waals surface area contributed by atoms with E-state index in [4.69, 9.17) is 46.4 Å². The van der Waals surface area contributed by atoms with Gasteiger partial charge in [0.25, 0.3) is 0 Å². The largest absolute Gasteiger partial charge is 0.226 e. The van der Waals surface area contributed by atoms with Gasteiger partial charge in [0.2, 0.25) is 0 Å². The van der Waals surface area contributed by atoms with Crippen LogP contribution in [0.15, 0.2) is 30.3 Å². The van der Waals surface area contributed by atoms with Crippen LogP contribution in [0.25, 0.3) is 22.3 Å². The summed E-state index contributed by atoms with van der Waals surface area (Å²) in [5.41, 5.74) is 2.27. The SMILES string of the molecule is Cc1c(Cl)cccc1-c1nc(Cl)c2cc(Cl)cc(Cl)c2n1. The second-order valence-electron chi connectivity index (χ2n) is 4.53. The van der Waals surface area contributed by atoms with Gasteiger partial charge < -0.3 is 0 Å². The maximum absolute atomic E-state index is 6.25. The van der Waals surface area contributed by atoms with E-state index in [-0.39, 0.29) is 0 Å². The molecule has 0 aliphatic rings. The second-order valence-corrected chi connectivity index (χ2v) is 6.14. The molecule has 2 aromatic carbocycles. The van der Waals surface area contributed by atoms with Crippen molar-refractivity contribution >= 4 is 57.3 Å². The van der Waals surface area contributed by atoms with Gasteiger partial charge in [-0.3, -0.25) is 0 Å². The Morgan fingerprint density at radius 2 is 1.67 bits per heavy atom. The summed E-state index contributed by atoms with van der Waals surface area (Å²) in [6, 6.07) is 8.87. The summed E-state index contributed by atoms with van der Waals surface area (Å²) in [6.45, 7) is 1.91. The van der Waals surface area contributed by atoms with Crippen molar-refractivity contribution in [3.63, 3.8) is 0 Å². The van der Waals surface area contributed by atoms with Gasteiger partial charge in [0.15, 0.2) is 5.82 Å². The Hall–Kier alpha value is -1.06. The molecule has 2 nitrogen and oxygen atoms in total. The minimum atomic E-state index is 0.304. The predicted molar refractivity (Wildman–Crippen MR) is 89.8 cm³/mol. The zero-order valence-electron chi connectivity index (χ0n) is 10.8. The minimum absolute atomic E-state index is 0.304. The third-order valence-electron chi connectivity index (χ3n) is 3.18. The summed E-state index contributed by atoms with van der Waals surface area (Å²) in [6.07, 6.45) is 0. The summed E-state index contributed by atoms with van der Waals surface area (Å²) in [4.78, 5) is 8.84. The second kappa shape index (κ2) is 5.62. The lowest BCUT2D eigenvalue weighted by atomic mass is 10.1. The van der Waals surface area contributed by atoms with Crippen molar-refractivity contribution in [2.75, 3.05) is 0 Å². The monoisotopic (exact) mass is 356 g/mol. The van der Waals surface area contributed by atoms with Crippen molar-refractivity contribution in [1.29, 1.82) is 0 Å². The van der Waals surface area contributed by atoms with Gasteiger partial charge in [-0.15, -0.1) is 0 Å². The molecular formula is C15H8Cl4N2. The van der Waals surface area contributed by atoms with Crippen molar-refractivity contribution < 1.29 is 0 Å². The topological polar surface area (TPSA) is 25.8 Å². The first-order chi connectivity index (χ1) is 9.97. The Morgan fingerprint density at radius 3 is 2.43 bits per heavy atom. The number of benzene rings is 2. The zero-order valence-corrected chi connectivity index (χ0v) is 13.8. The van der Waals surface area contributed by atoms with E-state index < -0.39 is 0 Å². The number of aromatic nitrogens is 2. The Labute approximate surface area is 141 Å². The third kappa shape index (κ3) is 2.69. The molecule has 0 bridgehead atoms. The Kier molecular flexibility index (Phi) is 3.98. The molecule has 21 heavy (non-hydrogen) atoms. The van der Waals surface area contributed by atoms with Crippen molar-refractivity contribution in [3.8, 4) is 11.4 Å². The molecule has 0 aliphatic heterocycles. The molecule has 0 saturated heterocycles. The van der Waals surface area contributed by atoms with Crippen LogP contribution in [0.1, 0.15) is 5.56 Å². The molecule has 3 rings (SSSR count). The highest BCUT2D eigenvalue weighted by atomic mass is 35.5. The Bertz CT molecular complexity index is 862. The van der Waals surface area contributed by atoms with Gasteiger partial charge in [-0.25, -0.2) is 9.97 Å². The van der Waals surface area contributed by atoms with Crippen LogP contribution in [0.3, 0.4) is 0 Å². The van der Waals surface area contributed by atoms with Crippen LogP contribution in [-0.2, 0) is 0 Å². The molecule has 0 aliphatic carbocycles. The lowest BCUT2D eigenvalue weighted by Gasteiger charge is -2.09. The van der Waals surface area contributed by atoms with E-state index in [1.54, 1.807) is 12.1 Å². The fourth-order valence-electron chi connectivity index (χ4n) is 2.09. The average Bonchev–Trinajstić information content (AvgIpc) is 2.43. The molecule has 0 fully saturated rings. The van der Waals surface area contributed by atoms with Crippen molar-refractivity contribution in [2.24, 2.45) is 0 Å². The van der Waals surface area contributed by atoms with Crippen LogP contribution in [-0.4, -0.2) is 9.97 Å². The Balaban J connectivity index is 2.33. The molecule has 3 aromatic rings. The van der Waals surface area contributed by atoms with E-state index in [1.165, 1.54) is 0 Å². The van der Waals surface area contributed by atoms with Crippen LogP contribution in [0.5, 0.6) is 0 Å². The predicted octanol–water partition coefficient (Wildman–Crippen LogP) is 6.22. The molecule has 0 radical (unpaired) electrons. The number of hydrogen-bond donors (Lipinski definition) is 0. The van der Waals surface area contributed by atoms with Gasteiger partial charge in [-0.05, 0) is 30.7 Å². The Morgan fingerprint density at radius 1 is 0.905 bits per heavy atom. The van der Waals surface area contributed by atoms with Gasteiger partial charge in [0.05, 0.1) is 10.5 Å². The van der Waals surface area contributed by atoms with Crippen LogP contribution >= 0.6 is 46.4 Å². The van der Waals surface area contributed by atoms with E-state index in [0.29, 0.717) is 36.9 Å². The summed E-state index contributed by atoms with van der Waals surface area (Å²) in [7, 11) is 0. The van der Waals surface area contributed by atoms with E-state index in [2.05, 4.69) is 9.97 Å². The van der Waals surface area contributed by atoms with E-state index in [9.17, 15) is 0 Å². The number of nitrogens with zero attached hydrogens (tertiary/aromatic N) is 2. The summed E-state index contributed by atoms with van der Waals surface area (Å²) in [5, 5.41) is 2.50. The molecule has 1 heterocycles. The molecule has 0 N–H and O–H groups in total. The van der Waals surface area contributed by atoms with Gasteiger partial charge in [-0.2, -0.15) is 0 Å². The average molecular weight is 358 g/mol. The van der Waals surface area contributed by atoms with Crippen LogP contribution in [0, 0.1) is 6.92 Å². The molecule has 0 spiro atoms. The highest BCUT2D eigenvalue weighted by molar-refractivity contribution is 6.41. The van der Waals surface area contributed by atoms with E-state index in [0.717, 1.165) is 11.1 Å².